The van der Waals surface area contributed by atoms with Crippen molar-refractivity contribution in [1.82, 2.24) is 4.31 Å². The first-order valence-corrected chi connectivity index (χ1v) is 13.8. The average Bonchev–Trinajstić information content (AvgIpc) is 3.02. The Labute approximate surface area is 189 Å². The number of fused-ring (bicyclic) bond motifs is 1. The third kappa shape index (κ3) is 5.61. The monoisotopic (exact) mass is 484 g/mol. The van der Waals surface area contributed by atoms with E-state index in [1.54, 1.807) is 34.3 Å². The summed E-state index contributed by atoms with van der Waals surface area (Å²) >= 11 is 1.72. The van der Waals surface area contributed by atoms with Gasteiger partial charge in [0, 0.05) is 25.0 Å². The number of thioether (sulfide) groups is 1. The van der Waals surface area contributed by atoms with Gasteiger partial charge in [0.1, 0.15) is 0 Å². The SMILES string of the molecule is CC1Sc2cc(S(=O)(=O)N3CCCCC3)ccc2N1C.Cc1ccc(S(=O)(=O)O)cc1. The smallest absolute Gasteiger partial charge is 0.294 e. The molecule has 1 unspecified atom stereocenters. The Morgan fingerprint density at radius 2 is 1.52 bits per heavy atom. The second-order valence-corrected chi connectivity index (χ2v) is 12.4. The van der Waals surface area contributed by atoms with Gasteiger partial charge in [-0.05, 0) is 57.0 Å². The van der Waals surface area contributed by atoms with Crippen molar-refractivity contribution in [3.63, 3.8) is 0 Å². The number of sulfonamides is 1. The van der Waals surface area contributed by atoms with Crippen LogP contribution in [0.3, 0.4) is 0 Å². The summed E-state index contributed by atoms with van der Waals surface area (Å²) in [5.41, 5.74) is 2.08. The molecule has 2 aromatic carbocycles. The number of anilines is 1. The Morgan fingerprint density at radius 1 is 0.935 bits per heavy atom. The van der Waals surface area contributed by atoms with Crippen LogP contribution in [0.5, 0.6) is 0 Å². The maximum Gasteiger partial charge on any atom is 0.294 e. The number of benzene rings is 2. The minimum atomic E-state index is -4.02. The molecule has 31 heavy (non-hydrogen) atoms. The molecule has 0 saturated carbocycles. The zero-order valence-electron chi connectivity index (χ0n) is 17.9. The highest BCUT2D eigenvalue weighted by Crippen LogP contribution is 2.43. The molecule has 2 aliphatic rings. The van der Waals surface area contributed by atoms with Gasteiger partial charge in [-0.2, -0.15) is 12.7 Å². The molecule has 4 rings (SSSR count). The van der Waals surface area contributed by atoms with Crippen LogP contribution in [0.2, 0.25) is 0 Å². The molecule has 0 spiro atoms. The Hall–Kier alpha value is -1.59. The Kier molecular flexibility index (Phi) is 7.37. The van der Waals surface area contributed by atoms with Gasteiger partial charge in [0.05, 0.1) is 20.9 Å². The Bertz CT molecular complexity index is 1130. The first-order valence-electron chi connectivity index (χ1n) is 10.1. The fourth-order valence-electron chi connectivity index (χ4n) is 3.46. The Balaban J connectivity index is 0.000000210. The molecule has 0 aromatic heterocycles. The molecule has 1 atom stereocenters. The molecule has 2 aromatic rings. The summed E-state index contributed by atoms with van der Waals surface area (Å²) in [6.07, 6.45) is 3.08. The molecule has 1 saturated heterocycles. The van der Waals surface area contributed by atoms with Gasteiger partial charge in [-0.3, -0.25) is 4.55 Å². The van der Waals surface area contributed by atoms with Crippen LogP contribution in [0.4, 0.5) is 5.69 Å². The number of nitrogens with zero attached hydrogens (tertiary/aromatic N) is 2. The predicted molar refractivity (Wildman–Crippen MR) is 124 cm³/mol. The summed E-state index contributed by atoms with van der Waals surface area (Å²) < 4.78 is 56.5. The van der Waals surface area contributed by atoms with Crippen molar-refractivity contribution < 1.29 is 21.4 Å². The van der Waals surface area contributed by atoms with E-state index in [0.29, 0.717) is 23.4 Å². The van der Waals surface area contributed by atoms with Gasteiger partial charge in [0.2, 0.25) is 10.0 Å². The summed E-state index contributed by atoms with van der Waals surface area (Å²) in [4.78, 5) is 3.62. The van der Waals surface area contributed by atoms with Crippen molar-refractivity contribution in [3.8, 4) is 0 Å². The van der Waals surface area contributed by atoms with E-state index >= 15 is 0 Å². The van der Waals surface area contributed by atoms with E-state index in [0.717, 1.165) is 35.4 Å². The van der Waals surface area contributed by atoms with E-state index in [1.807, 2.05) is 26.1 Å². The first-order chi connectivity index (χ1) is 14.5. The van der Waals surface area contributed by atoms with Gasteiger partial charge < -0.3 is 4.90 Å². The maximum atomic E-state index is 12.7. The van der Waals surface area contributed by atoms with E-state index in [2.05, 4.69) is 11.8 Å². The highest BCUT2D eigenvalue weighted by Gasteiger charge is 2.29. The van der Waals surface area contributed by atoms with Gasteiger partial charge in [-0.1, -0.05) is 35.9 Å². The summed E-state index contributed by atoms with van der Waals surface area (Å²) in [5, 5.41) is 0.359. The molecular formula is C21H28N2O5S3. The van der Waals surface area contributed by atoms with E-state index in [9.17, 15) is 16.8 Å². The lowest BCUT2D eigenvalue weighted by molar-refractivity contribution is 0.346. The maximum absolute atomic E-state index is 12.7. The van der Waals surface area contributed by atoms with Crippen molar-refractivity contribution in [2.75, 3.05) is 25.0 Å². The van der Waals surface area contributed by atoms with E-state index in [4.69, 9.17) is 4.55 Å². The molecule has 0 bridgehead atoms. The van der Waals surface area contributed by atoms with Crippen LogP contribution in [0.1, 0.15) is 31.7 Å². The summed E-state index contributed by atoms with van der Waals surface area (Å²) in [6, 6.07) is 11.5. The predicted octanol–water partition coefficient (Wildman–Crippen LogP) is 3.99. The van der Waals surface area contributed by atoms with Crippen LogP contribution in [0, 0.1) is 6.92 Å². The molecule has 2 heterocycles. The molecule has 0 aliphatic carbocycles. The van der Waals surface area contributed by atoms with Crippen molar-refractivity contribution in [2.45, 2.75) is 53.2 Å². The minimum absolute atomic E-state index is 0.0666. The summed E-state index contributed by atoms with van der Waals surface area (Å²) in [7, 11) is -5.29. The number of hydrogen-bond donors (Lipinski definition) is 1. The van der Waals surface area contributed by atoms with Gasteiger partial charge in [-0.25, -0.2) is 8.42 Å². The minimum Gasteiger partial charge on any atom is -0.362 e. The number of hydrogen-bond acceptors (Lipinski definition) is 6. The van der Waals surface area contributed by atoms with Crippen LogP contribution >= 0.6 is 11.8 Å². The molecule has 7 nitrogen and oxygen atoms in total. The van der Waals surface area contributed by atoms with Crippen molar-refractivity contribution in [3.05, 3.63) is 48.0 Å². The highest BCUT2D eigenvalue weighted by atomic mass is 32.2. The van der Waals surface area contributed by atoms with Crippen LogP contribution < -0.4 is 4.90 Å². The number of rotatable bonds is 3. The molecule has 0 amide bonds. The van der Waals surface area contributed by atoms with Crippen LogP contribution in [-0.2, 0) is 20.1 Å². The highest BCUT2D eigenvalue weighted by molar-refractivity contribution is 8.00. The topological polar surface area (TPSA) is 95.0 Å². The first kappa shape index (κ1) is 24.1. The van der Waals surface area contributed by atoms with Crippen molar-refractivity contribution >= 4 is 37.6 Å². The van der Waals surface area contributed by atoms with Gasteiger partial charge >= 0.3 is 0 Å². The lowest BCUT2D eigenvalue weighted by Crippen LogP contribution is -2.35. The second-order valence-electron chi connectivity index (χ2n) is 7.71. The van der Waals surface area contributed by atoms with Gasteiger partial charge in [0.15, 0.2) is 0 Å². The summed E-state index contributed by atoms with van der Waals surface area (Å²) in [6.45, 7) is 5.28. The van der Waals surface area contributed by atoms with Gasteiger partial charge in [0.25, 0.3) is 10.1 Å². The van der Waals surface area contributed by atoms with Gasteiger partial charge in [-0.15, -0.1) is 0 Å². The van der Waals surface area contributed by atoms with Crippen molar-refractivity contribution in [2.24, 2.45) is 0 Å². The third-order valence-electron chi connectivity index (χ3n) is 5.43. The molecule has 0 radical (unpaired) electrons. The lowest BCUT2D eigenvalue weighted by atomic mass is 10.2. The molecule has 10 heteroatoms. The van der Waals surface area contributed by atoms with E-state index < -0.39 is 20.1 Å². The normalized spacial score (nSPS) is 19.5. The average molecular weight is 485 g/mol. The fraction of sp³-hybridized carbons (Fsp3) is 0.429. The standard InChI is InChI=1S/C14H20N2O2S2.C7H8O3S/c1-11-15(2)13-7-6-12(10-14(13)19-11)20(17,18)16-8-4-3-5-9-16;1-6-2-4-7(5-3-6)11(8,9)10/h6-7,10-11H,3-5,8-9H2,1-2H3;2-5H,1H3,(H,8,9,10). The third-order valence-corrected chi connectivity index (χ3v) is 9.43. The molecule has 1 fully saturated rings. The Morgan fingerprint density at radius 3 is 2.10 bits per heavy atom. The lowest BCUT2D eigenvalue weighted by Gasteiger charge is -2.26. The molecular weight excluding hydrogens is 456 g/mol. The summed E-state index contributed by atoms with van der Waals surface area (Å²) in [5.74, 6) is 0. The van der Waals surface area contributed by atoms with Crippen LogP contribution in [0.25, 0.3) is 0 Å². The van der Waals surface area contributed by atoms with Crippen LogP contribution in [0.15, 0.2) is 57.2 Å². The van der Waals surface area contributed by atoms with E-state index in [1.165, 1.54) is 12.1 Å². The number of piperidine rings is 1. The van der Waals surface area contributed by atoms with Crippen LogP contribution in [-0.4, -0.2) is 51.2 Å². The molecule has 170 valence electrons. The zero-order chi connectivity index (χ0) is 22.8. The number of aryl methyl sites for hydroxylation is 1. The quantitative estimate of drug-likeness (QED) is 0.658. The van der Waals surface area contributed by atoms with E-state index in [-0.39, 0.29) is 4.90 Å². The molecule has 1 N–H and O–H groups in total. The zero-order valence-corrected chi connectivity index (χ0v) is 20.3. The van der Waals surface area contributed by atoms with Crippen molar-refractivity contribution in [1.29, 1.82) is 0 Å². The second kappa shape index (κ2) is 9.50. The largest absolute Gasteiger partial charge is 0.362 e. The fourth-order valence-corrected chi connectivity index (χ4v) is 6.73. The molecule has 2 aliphatic heterocycles.